The third-order valence-corrected chi connectivity index (χ3v) is 7.58. The van der Waals surface area contributed by atoms with Crippen LogP contribution >= 0.6 is 0 Å². The van der Waals surface area contributed by atoms with Gasteiger partial charge in [-0.25, -0.2) is 0 Å². The Kier molecular flexibility index (Phi) is 3.36. The molecule has 34 heavy (non-hydrogen) atoms. The molecule has 2 heterocycles. The van der Waals surface area contributed by atoms with Gasteiger partial charge in [0.1, 0.15) is 11.3 Å². The first-order valence-corrected chi connectivity index (χ1v) is 11.6. The first-order chi connectivity index (χ1) is 16.9. The Bertz CT molecular complexity index is 1710. The molecule has 2 heteroatoms. The summed E-state index contributed by atoms with van der Waals surface area (Å²) in [6.45, 7) is 0. The van der Waals surface area contributed by atoms with E-state index < -0.39 is 5.41 Å². The molecule has 6 aromatic rings. The van der Waals surface area contributed by atoms with Crippen molar-refractivity contribution < 1.29 is 4.42 Å². The predicted molar refractivity (Wildman–Crippen MR) is 136 cm³/mol. The summed E-state index contributed by atoms with van der Waals surface area (Å²) in [5.74, 6) is 0.980. The first kappa shape index (κ1) is 18.0. The average Bonchev–Trinajstić information content (AvgIpc) is 3.53. The molecule has 8 rings (SSSR count). The Hall–Kier alpha value is -4.43. The SMILES string of the molecule is c1cncc(-c2cccc3c2C2(c4ccccc4-c4ccccc42)c2c-3oc3ccccc23)c1. The number of aromatic nitrogens is 1. The Morgan fingerprint density at radius 1 is 0.559 bits per heavy atom. The summed E-state index contributed by atoms with van der Waals surface area (Å²) in [4.78, 5) is 4.45. The minimum absolute atomic E-state index is 0.448. The molecule has 0 unspecified atom stereocenters. The van der Waals surface area contributed by atoms with Crippen LogP contribution in [0.2, 0.25) is 0 Å². The molecule has 0 amide bonds. The van der Waals surface area contributed by atoms with Crippen LogP contribution in [0.15, 0.2) is 120 Å². The minimum Gasteiger partial charge on any atom is -0.456 e. The van der Waals surface area contributed by atoms with Crippen LogP contribution in [0.3, 0.4) is 0 Å². The van der Waals surface area contributed by atoms with Gasteiger partial charge in [-0.15, -0.1) is 0 Å². The van der Waals surface area contributed by atoms with E-state index in [1.54, 1.807) is 0 Å². The maximum Gasteiger partial charge on any atom is 0.140 e. The highest BCUT2D eigenvalue weighted by Gasteiger charge is 2.55. The summed E-state index contributed by atoms with van der Waals surface area (Å²) in [5.41, 5.74) is 11.8. The van der Waals surface area contributed by atoms with Gasteiger partial charge in [0.2, 0.25) is 0 Å². The van der Waals surface area contributed by atoms with Crippen LogP contribution in [0.4, 0.5) is 0 Å². The van der Waals surface area contributed by atoms with Crippen molar-refractivity contribution in [2.75, 3.05) is 0 Å². The molecular weight excluding hydrogens is 414 g/mol. The molecule has 0 saturated heterocycles. The largest absolute Gasteiger partial charge is 0.456 e. The second-order valence-corrected chi connectivity index (χ2v) is 9.11. The van der Waals surface area contributed by atoms with Gasteiger partial charge in [0, 0.05) is 34.5 Å². The molecule has 0 bridgehead atoms. The van der Waals surface area contributed by atoms with Gasteiger partial charge in [-0.1, -0.05) is 91.0 Å². The van der Waals surface area contributed by atoms with E-state index in [9.17, 15) is 0 Å². The van der Waals surface area contributed by atoms with Crippen molar-refractivity contribution in [2.45, 2.75) is 5.41 Å². The van der Waals surface area contributed by atoms with Crippen LogP contribution in [0.25, 0.3) is 44.5 Å². The van der Waals surface area contributed by atoms with Crippen molar-refractivity contribution in [1.82, 2.24) is 4.98 Å². The second kappa shape index (κ2) is 6.33. The number of para-hydroxylation sites is 1. The van der Waals surface area contributed by atoms with Gasteiger partial charge in [0.15, 0.2) is 0 Å². The minimum atomic E-state index is -0.448. The van der Waals surface area contributed by atoms with E-state index in [4.69, 9.17) is 4.42 Å². The van der Waals surface area contributed by atoms with Gasteiger partial charge in [-0.2, -0.15) is 0 Å². The van der Waals surface area contributed by atoms with E-state index in [2.05, 4.69) is 102 Å². The summed E-state index contributed by atoms with van der Waals surface area (Å²) in [6.07, 6.45) is 3.80. The lowest BCUT2D eigenvalue weighted by atomic mass is 9.68. The number of hydrogen-bond donors (Lipinski definition) is 0. The number of pyridine rings is 1. The van der Waals surface area contributed by atoms with Gasteiger partial charge in [0.25, 0.3) is 0 Å². The maximum absolute atomic E-state index is 6.63. The Labute approximate surface area is 197 Å². The van der Waals surface area contributed by atoms with Crippen molar-refractivity contribution in [1.29, 1.82) is 0 Å². The highest BCUT2D eigenvalue weighted by Crippen LogP contribution is 2.66. The van der Waals surface area contributed by atoms with Crippen molar-refractivity contribution >= 4 is 11.0 Å². The normalized spacial score (nSPS) is 14.1. The molecule has 0 radical (unpaired) electrons. The second-order valence-electron chi connectivity index (χ2n) is 9.11. The summed E-state index contributed by atoms with van der Waals surface area (Å²) in [7, 11) is 0. The Morgan fingerprint density at radius 3 is 2.00 bits per heavy atom. The van der Waals surface area contributed by atoms with Crippen LogP contribution in [0.1, 0.15) is 22.3 Å². The number of benzene rings is 4. The Balaban J connectivity index is 1.64. The zero-order valence-corrected chi connectivity index (χ0v) is 18.3. The molecule has 2 aromatic heterocycles. The summed E-state index contributed by atoms with van der Waals surface area (Å²) in [5, 5.41) is 1.18. The van der Waals surface area contributed by atoms with Crippen molar-refractivity contribution in [2.24, 2.45) is 0 Å². The highest BCUT2D eigenvalue weighted by atomic mass is 16.3. The van der Waals surface area contributed by atoms with Gasteiger partial charge in [-0.05, 0) is 45.5 Å². The van der Waals surface area contributed by atoms with E-state index in [1.807, 2.05) is 18.5 Å². The number of rotatable bonds is 1. The van der Waals surface area contributed by atoms with E-state index in [-0.39, 0.29) is 0 Å². The summed E-state index contributed by atoms with van der Waals surface area (Å²) >= 11 is 0. The highest BCUT2D eigenvalue weighted by molar-refractivity contribution is 6.04. The molecule has 0 atom stereocenters. The average molecular weight is 434 g/mol. The van der Waals surface area contributed by atoms with Crippen molar-refractivity contribution in [3.05, 3.63) is 138 Å². The molecule has 2 nitrogen and oxygen atoms in total. The smallest absolute Gasteiger partial charge is 0.140 e. The molecule has 4 aromatic carbocycles. The number of fused-ring (bicyclic) bond motifs is 12. The van der Waals surface area contributed by atoms with Gasteiger partial charge >= 0.3 is 0 Å². The fourth-order valence-electron chi connectivity index (χ4n) is 6.41. The quantitative estimate of drug-likeness (QED) is 0.264. The molecule has 0 saturated carbocycles. The topological polar surface area (TPSA) is 26.0 Å². The lowest BCUT2D eigenvalue weighted by Crippen LogP contribution is -2.26. The molecular formula is C32H19NO. The van der Waals surface area contributed by atoms with Crippen LogP contribution in [-0.2, 0) is 5.41 Å². The molecule has 0 fully saturated rings. The molecule has 0 N–H and O–H groups in total. The molecule has 2 aliphatic carbocycles. The molecule has 0 aliphatic heterocycles. The van der Waals surface area contributed by atoms with Crippen LogP contribution in [-0.4, -0.2) is 4.98 Å². The number of furan rings is 1. The van der Waals surface area contributed by atoms with Crippen molar-refractivity contribution in [3.63, 3.8) is 0 Å². The summed E-state index contributed by atoms with van der Waals surface area (Å²) in [6, 6.07) is 37.0. The monoisotopic (exact) mass is 433 g/mol. The zero-order valence-electron chi connectivity index (χ0n) is 18.3. The lowest BCUT2D eigenvalue weighted by Gasteiger charge is -2.31. The van der Waals surface area contributed by atoms with E-state index >= 15 is 0 Å². The fraction of sp³-hybridized carbons (Fsp3) is 0.0312. The Morgan fingerprint density at radius 2 is 1.24 bits per heavy atom. The van der Waals surface area contributed by atoms with Crippen LogP contribution in [0.5, 0.6) is 0 Å². The van der Waals surface area contributed by atoms with Crippen LogP contribution < -0.4 is 0 Å². The molecule has 1 spiro atoms. The van der Waals surface area contributed by atoms with E-state index in [1.165, 1.54) is 49.9 Å². The first-order valence-electron chi connectivity index (χ1n) is 11.6. The summed E-state index contributed by atoms with van der Waals surface area (Å²) < 4.78 is 6.63. The van der Waals surface area contributed by atoms with Gasteiger partial charge < -0.3 is 4.42 Å². The number of nitrogens with zero attached hydrogens (tertiary/aromatic N) is 1. The van der Waals surface area contributed by atoms with Gasteiger partial charge in [0.05, 0.1) is 5.41 Å². The van der Waals surface area contributed by atoms with E-state index in [0.29, 0.717) is 0 Å². The third kappa shape index (κ3) is 2.00. The molecule has 2 aliphatic rings. The molecule has 158 valence electrons. The van der Waals surface area contributed by atoms with E-state index in [0.717, 1.165) is 16.9 Å². The number of hydrogen-bond acceptors (Lipinski definition) is 2. The van der Waals surface area contributed by atoms with Crippen molar-refractivity contribution in [3.8, 4) is 33.6 Å². The fourth-order valence-corrected chi connectivity index (χ4v) is 6.41. The van der Waals surface area contributed by atoms with Gasteiger partial charge in [-0.3, -0.25) is 4.98 Å². The third-order valence-electron chi connectivity index (χ3n) is 7.58. The standard InChI is InChI=1S/C32H19NO/c1-4-15-26-22(10-1)23-11-2-5-16-27(23)32(26)29-21(20-9-8-18-33-19-20)13-7-14-25(29)31-30(32)24-12-3-6-17-28(24)34-31/h1-19H. The maximum atomic E-state index is 6.63. The zero-order chi connectivity index (χ0) is 22.3. The lowest BCUT2D eigenvalue weighted by molar-refractivity contribution is 0.628. The predicted octanol–water partition coefficient (Wildman–Crippen LogP) is 7.84. The van der Waals surface area contributed by atoms with Crippen LogP contribution in [0, 0.1) is 0 Å².